The number of nitrogens with zero attached hydrogens (tertiary/aromatic N) is 2. The van der Waals surface area contributed by atoms with Crippen LogP contribution in [0.1, 0.15) is 32.6 Å². The number of piperazine rings is 1. The van der Waals surface area contributed by atoms with Gasteiger partial charge in [-0.1, -0.05) is 13.3 Å². The van der Waals surface area contributed by atoms with E-state index < -0.39 is 0 Å². The number of carbonyl (C=O) groups excluding carboxylic acids is 2. The van der Waals surface area contributed by atoms with Crippen molar-refractivity contribution in [1.29, 1.82) is 0 Å². The molecular formula is C15H27N3O3. The SMILES string of the molecule is CCCCOCC(=O)N1CCCC(N2CCNCC2=O)C1. The molecule has 1 N–H and O–H groups in total. The normalized spacial score (nSPS) is 23.5. The van der Waals surface area contributed by atoms with Crippen LogP contribution in [-0.2, 0) is 14.3 Å². The van der Waals surface area contributed by atoms with E-state index in [-0.39, 0.29) is 24.5 Å². The molecule has 2 fully saturated rings. The highest BCUT2D eigenvalue weighted by Crippen LogP contribution is 2.17. The molecule has 0 saturated carbocycles. The van der Waals surface area contributed by atoms with Crippen molar-refractivity contribution < 1.29 is 14.3 Å². The Kier molecular flexibility index (Phi) is 6.45. The van der Waals surface area contributed by atoms with Crippen LogP contribution in [0, 0.1) is 0 Å². The van der Waals surface area contributed by atoms with Crippen LogP contribution in [0.15, 0.2) is 0 Å². The van der Waals surface area contributed by atoms with Gasteiger partial charge < -0.3 is 19.9 Å². The number of hydrogen-bond donors (Lipinski definition) is 1. The summed E-state index contributed by atoms with van der Waals surface area (Å²) in [5, 5.41) is 3.09. The second-order valence-corrected chi connectivity index (χ2v) is 5.81. The summed E-state index contributed by atoms with van der Waals surface area (Å²) in [6, 6.07) is 0.174. The number of likely N-dealkylation sites (tertiary alicyclic amines) is 1. The first-order chi connectivity index (χ1) is 10.2. The highest BCUT2D eigenvalue weighted by atomic mass is 16.5. The zero-order valence-corrected chi connectivity index (χ0v) is 13.0. The topological polar surface area (TPSA) is 61.9 Å². The molecule has 2 aliphatic heterocycles. The maximum absolute atomic E-state index is 12.2. The van der Waals surface area contributed by atoms with E-state index in [1.807, 2.05) is 9.80 Å². The van der Waals surface area contributed by atoms with E-state index in [1.54, 1.807) is 0 Å². The summed E-state index contributed by atoms with van der Waals surface area (Å²) >= 11 is 0. The van der Waals surface area contributed by atoms with Gasteiger partial charge >= 0.3 is 0 Å². The molecular weight excluding hydrogens is 270 g/mol. The average molecular weight is 297 g/mol. The molecule has 120 valence electrons. The average Bonchev–Trinajstić information content (AvgIpc) is 2.52. The van der Waals surface area contributed by atoms with Gasteiger partial charge in [0.2, 0.25) is 11.8 Å². The third kappa shape index (κ3) is 4.68. The first-order valence-corrected chi connectivity index (χ1v) is 8.08. The van der Waals surface area contributed by atoms with Gasteiger partial charge in [0.25, 0.3) is 0 Å². The highest BCUT2D eigenvalue weighted by Gasteiger charge is 2.31. The lowest BCUT2D eigenvalue weighted by Gasteiger charge is -2.41. The van der Waals surface area contributed by atoms with Crippen molar-refractivity contribution in [2.45, 2.75) is 38.6 Å². The molecule has 2 amide bonds. The monoisotopic (exact) mass is 297 g/mol. The van der Waals surface area contributed by atoms with Crippen molar-refractivity contribution in [3.8, 4) is 0 Å². The first kappa shape index (κ1) is 16.2. The summed E-state index contributed by atoms with van der Waals surface area (Å²) in [7, 11) is 0. The largest absolute Gasteiger partial charge is 0.372 e. The number of carbonyl (C=O) groups is 2. The molecule has 0 aromatic rings. The fourth-order valence-corrected chi connectivity index (χ4v) is 2.94. The van der Waals surface area contributed by atoms with Crippen molar-refractivity contribution in [3.63, 3.8) is 0 Å². The van der Waals surface area contributed by atoms with Crippen LogP contribution in [0.2, 0.25) is 0 Å². The Morgan fingerprint density at radius 1 is 1.43 bits per heavy atom. The molecule has 1 unspecified atom stereocenters. The van der Waals surface area contributed by atoms with Crippen molar-refractivity contribution in [1.82, 2.24) is 15.1 Å². The molecule has 1 atom stereocenters. The predicted molar refractivity (Wildman–Crippen MR) is 79.9 cm³/mol. The van der Waals surface area contributed by atoms with Crippen LogP contribution >= 0.6 is 0 Å². The molecule has 2 aliphatic rings. The summed E-state index contributed by atoms with van der Waals surface area (Å²) in [6.07, 6.45) is 4.02. The van der Waals surface area contributed by atoms with E-state index in [0.717, 1.165) is 45.3 Å². The van der Waals surface area contributed by atoms with Crippen LogP contribution in [0.5, 0.6) is 0 Å². The highest BCUT2D eigenvalue weighted by molar-refractivity contribution is 5.80. The van der Waals surface area contributed by atoms with E-state index in [1.165, 1.54) is 0 Å². The van der Waals surface area contributed by atoms with Gasteiger partial charge in [0, 0.05) is 38.8 Å². The van der Waals surface area contributed by atoms with Gasteiger partial charge in [-0.2, -0.15) is 0 Å². The molecule has 2 saturated heterocycles. The van der Waals surface area contributed by atoms with E-state index in [0.29, 0.717) is 19.7 Å². The van der Waals surface area contributed by atoms with Crippen LogP contribution in [0.4, 0.5) is 0 Å². The second-order valence-electron chi connectivity index (χ2n) is 5.81. The summed E-state index contributed by atoms with van der Waals surface area (Å²) in [5.74, 6) is 0.207. The summed E-state index contributed by atoms with van der Waals surface area (Å²) in [4.78, 5) is 27.9. The van der Waals surface area contributed by atoms with Crippen LogP contribution in [0.3, 0.4) is 0 Å². The van der Waals surface area contributed by atoms with Gasteiger partial charge in [-0.3, -0.25) is 9.59 Å². The number of rotatable bonds is 6. The fourth-order valence-electron chi connectivity index (χ4n) is 2.94. The third-order valence-electron chi connectivity index (χ3n) is 4.18. The minimum atomic E-state index is 0.0541. The summed E-state index contributed by atoms with van der Waals surface area (Å²) in [5.41, 5.74) is 0. The minimum Gasteiger partial charge on any atom is -0.372 e. The fraction of sp³-hybridized carbons (Fsp3) is 0.867. The van der Waals surface area contributed by atoms with E-state index in [2.05, 4.69) is 12.2 Å². The minimum absolute atomic E-state index is 0.0541. The zero-order valence-electron chi connectivity index (χ0n) is 13.0. The number of nitrogens with one attached hydrogen (secondary N) is 1. The summed E-state index contributed by atoms with van der Waals surface area (Å²) < 4.78 is 5.41. The van der Waals surface area contributed by atoms with Gasteiger partial charge in [-0.05, 0) is 19.3 Å². The smallest absolute Gasteiger partial charge is 0.248 e. The number of hydrogen-bond acceptors (Lipinski definition) is 4. The molecule has 0 aromatic heterocycles. The van der Waals surface area contributed by atoms with Gasteiger partial charge in [0.15, 0.2) is 0 Å². The maximum Gasteiger partial charge on any atom is 0.248 e. The number of unbranched alkanes of at least 4 members (excludes halogenated alkanes) is 1. The first-order valence-electron chi connectivity index (χ1n) is 8.08. The van der Waals surface area contributed by atoms with Crippen LogP contribution in [0.25, 0.3) is 0 Å². The molecule has 0 radical (unpaired) electrons. The lowest BCUT2D eigenvalue weighted by molar-refractivity contribution is -0.143. The molecule has 0 aliphatic carbocycles. The van der Waals surface area contributed by atoms with Crippen molar-refractivity contribution in [3.05, 3.63) is 0 Å². The van der Waals surface area contributed by atoms with Gasteiger partial charge in [-0.25, -0.2) is 0 Å². The molecule has 2 rings (SSSR count). The Morgan fingerprint density at radius 2 is 2.29 bits per heavy atom. The van der Waals surface area contributed by atoms with Crippen molar-refractivity contribution in [2.75, 3.05) is 45.9 Å². The quantitative estimate of drug-likeness (QED) is 0.713. The molecule has 6 nitrogen and oxygen atoms in total. The maximum atomic E-state index is 12.2. The van der Waals surface area contributed by atoms with Gasteiger partial charge in [0.1, 0.15) is 6.61 Å². The molecule has 6 heteroatoms. The van der Waals surface area contributed by atoms with Crippen molar-refractivity contribution in [2.24, 2.45) is 0 Å². The van der Waals surface area contributed by atoms with Crippen LogP contribution < -0.4 is 5.32 Å². The van der Waals surface area contributed by atoms with E-state index in [9.17, 15) is 9.59 Å². The Bertz CT molecular complexity index is 362. The lowest BCUT2D eigenvalue weighted by Crippen LogP contribution is -2.57. The molecule has 2 heterocycles. The Balaban J connectivity index is 1.79. The standard InChI is InChI=1S/C15H27N3O3/c1-2-3-9-21-12-15(20)17-7-4-5-13(11-17)18-8-6-16-10-14(18)19/h13,16H,2-12H2,1H3. The van der Waals surface area contributed by atoms with E-state index in [4.69, 9.17) is 4.74 Å². The Labute approximate surface area is 126 Å². The van der Waals surface area contributed by atoms with Crippen LogP contribution in [-0.4, -0.2) is 73.6 Å². The van der Waals surface area contributed by atoms with Gasteiger partial charge in [0.05, 0.1) is 6.54 Å². The zero-order chi connectivity index (χ0) is 15.1. The lowest BCUT2D eigenvalue weighted by atomic mass is 10.0. The third-order valence-corrected chi connectivity index (χ3v) is 4.18. The van der Waals surface area contributed by atoms with Crippen molar-refractivity contribution >= 4 is 11.8 Å². The van der Waals surface area contributed by atoms with Gasteiger partial charge in [-0.15, -0.1) is 0 Å². The Morgan fingerprint density at radius 3 is 3.05 bits per heavy atom. The molecule has 0 bridgehead atoms. The number of piperidine rings is 1. The molecule has 21 heavy (non-hydrogen) atoms. The predicted octanol–water partition coefficient (Wildman–Crippen LogP) is 0.226. The number of amides is 2. The second kappa shape index (κ2) is 8.34. The number of ether oxygens (including phenoxy) is 1. The molecule has 0 aromatic carbocycles. The summed E-state index contributed by atoms with van der Waals surface area (Å²) in [6.45, 7) is 6.37. The molecule has 0 spiro atoms. The van der Waals surface area contributed by atoms with E-state index >= 15 is 0 Å². The Hall–Kier alpha value is -1.14.